The number of hydrogen-bond donors (Lipinski definition) is 2. The summed E-state index contributed by atoms with van der Waals surface area (Å²) in [6.45, 7) is 7.29. The molecule has 3 aromatic rings. The average Bonchev–Trinajstić information content (AvgIpc) is 3.22. The Morgan fingerprint density at radius 1 is 1.03 bits per heavy atom. The fraction of sp³-hybridized carbons (Fsp3) is 0.222. The number of allylic oxidation sites excluding steroid dienone is 2. The van der Waals surface area contributed by atoms with Crippen molar-refractivity contribution in [3.8, 4) is 5.75 Å². The quantitative estimate of drug-likeness (QED) is 0.543. The number of H-pyrrole nitrogens is 1. The van der Waals surface area contributed by atoms with Crippen molar-refractivity contribution in [3.05, 3.63) is 88.3 Å². The van der Waals surface area contributed by atoms with Crippen LogP contribution in [-0.2, 0) is 31.1 Å². The highest BCUT2D eigenvalue weighted by molar-refractivity contribution is 6.12. The molecule has 8 heteroatoms. The van der Waals surface area contributed by atoms with Crippen molar-refractivity contribution in [1.82, 2.24) is 9.88 Å². The molecule has 178 valence electrons. The van der Waals surface area contributed by atoms with E-state index in [4.69, 9.17) is 19.2 Å². The third kappa shape index (κ3) is 4.36. The molecule has 1 aromatic heterocycles. The number of phenolic OH excluding ortho intramolecular Hbond substituents is 1. The third-order valence-corrected chi connectivity index (χ3v) is 6.66. The number of nitrogens with zero attached hydrogens (tertiary/aromatic N) is 1. The predicted octanol–water partition coefficient (Wildman–Crippen LogP) is 3.81. The molecule has 0 amide bonds. The number of Topliss-reactive ketones (excluding diaryl/α,β-unsaturated/α-hetero) is 1. The molecule has 0 saturated carbocycles. The van der Waals surface area contributed by atoms with Gasteiger partial charge in [0.2, 0.25) is 0 Å². The zero-order chi connectivity index (χ0) is 25.8. The summed E-state index contributed by atoms with van der Waals surface area (Å²) in [6.07, 6.45) is 5.36. The van der Waals surface area contributed by atoms with Gasteiger partial charge >= 0.3 is 12.3 Å². The summed E-state index contributed by atoms with van der Waals surface area (Å²) in [7, 11) is 0. The van der Waals surface area contributed by atoms with E-state index < -0.39 is 0 Å². The number of carbonyl (C=O) groups excluding carboxylic acids is 5. The molecule has 2 aromatic carbocycles. The highest BCUT2D eigenvalue weighted by Gasteiger charge is 2.43. The number of para-hydroxylation sites is 2. The number of benzene rings is 2. The van der Waals surface area contributed by atoms with Crippen LogP contribution in [0.4, 0.5) is 0 Å². The van der Waals surface area contributed by atoms with Gasteiger partial charge in [-0.2, -0.15) is 19.2 Å². The van der Waals surface area contributed by atoms with Crippen LogP contribution >= 0.6 is 0 Å². The average molecular weight is 472 g/mol. The van der Waals surface area contributed by atoms with Crippen LogP contribution in [0.1, 0.15) is 41.0 Å². The number of phenols is 1. The van der Waals surface area contributed by atoms with E-state index in [0.717, 1.165) is 18.5 Å². The van der Waals surface area contributed by atoms with E-state index in [0.29, 0.717) is 11.1 Å². The first kappa shape index (κ1) is 25.1. The molecule has 0 fully saturated rings. The molecule has 35 heavy (non-hydrogen) atoms. The Labute approximate surface area is 201 Å². The highest BCUT2D eigenvalue weighted by Crippen LogP contribution is 2.46. The number of fused-ring (bicyclic) bond motifs is 5. The molecule has 0 aliphatic carbocycles. The van der Waals surface area contributed by atoms with E-state index in [1.807, 2.05) is 12.3 Å². The molecule has 8 nitrogen and oxygen atoms in total. The lowest BCUT2D eigenvalue weighted by Gasteiger charge is -2.47. The van der Waals surface area contributed by atoms with E-state index in [1.165, 1.54) is 27.7 Å². The normalized spacial score (nSPS) is 17.6. The Bertz CT molecular complexity index is 1410. The van der Waals surface area contributed by atoms with Gasteiger partial charge in [0, 0.05) is 34.9 Å². The molecular formula is C27H24N2O6. The number of ketones is 1. The van der Waals surface area contributed by atoms with Gasteiger partial charge in [-0.25, -0.2) is 0 Å². The molecule has 1 atom stereocenters. The molecule has 0 bridgehead atoms. The predicted molar refractivity (Wildman–Crippen MR) is 125 cm³/mol. The summed E-state index contributed by atoms with van der Waals surface area (Å²) < 4.78 is 0. The molecule has 1 unspecified atom stereocenters. The van der Waals surface area contributed by atoms with Crippen LogP contribution in [0.2, 0.25) is 0 Å². The van der Waals surface area contributed by atoms with Crippen LogP contribution in [0, 0.1) is 6.92 Å². The van der Waals surface area contributed by atoms with Gasteiger partial charge in [-0.3, -0.25) is 4.79 Å². The van der Waals surface area contributed by atoms with Gasteiger partial charge in [-0.15, -0.1) is 0 Å². The molecule has 2 N–H and O–H groups in total. The topological polar surface area (TPSA) is 125 Å². The fourth-order valence-electron chi connectivity index (χ4n) is 4.84. The zero-order valence-electron chi connectivity index (χ0n) is 19.5. The van der Waals surface area contributed by atoms with Crippen molar-refractivity contribution in [3.63, 3.8) is 0 Å². The van der Waals surface area contributed by atoms with Crippen LogP contribution in [0.25, 0.3) is 10.9 Å². The van der Waals surface area contributed by atoms with Gasteiger partial charge in [0.05, 0.1) is 11.1 Å². The van der Waals surface area contributed by atoms with Gasteiger partial charge < -0.3 is 15.0 Å². The van der Waals surface area contributed by atoms with E-state index in [1.54, 1.807) is 24.3 Å². The lowest BCUT2D eigenvalue weighted by Crippen LogP contribution is -2.48. The second-order valence-corrected chi connectivity index (χ2v) is 8.42. The maximum atomic E-state index is 13.1. The second kappa shape index (κ2) is 10.2. The molecule has 0 radical (unpaired) electrons. The maximum Gasteiger partial charge on any atom is 0.373 e. The number of aromatic nitrogens is 1. The Kier molecular flexibility index (Phi) is 7.31. The van der Waals surface area contributed by atoms with Crippen molar-refractivity contribution in [2.45, 2.75) is 32.7 Å². The minimum atomic E-state index is -0.318. The van der Waals surface area contributed by atoms with Gasteiger partial charge in [-0.1, -0.05) is 30.3 Å². The van der Waals surface area contributed by atoms with Crippen molar-refractivity contribution in [2.24, 2.45) is 0 Å². The number of nitrogens with one attached hydrogen (secondary N) is 1. The standard InChI is InChI=1S/C25H24N2O2.2CO2/c1-15-7-6-9-18-19-11-12-27-14-17(23(29)20-8-4-5-10-21(20)28)13-16(2)25(27,3)24(19)26-22(15)18;2*2-1-3/h4-10,13-14,26,28H,11-12H2,1-3H3;;. The SMILES string of the molecule is CC1=CC(C(=O)c2ccccc2O)=CN2CCc3c([nH]c4c(C)cccc34)C12C.O=C=O.O=C=O. The third-order valence-electron chi connectivity index (χ3n) is 6.66. The number of aromatic hydroxyl groups is 1. The minimum absolute atomic E-state index is 0.0183. The highest BCUT2D eigenvalue weighted by atomic mass is 16.3. The van der Waals surface area contributed by atoms with E-state index in [9.17, 15) is 9.90 Å². The van der Waals surface area contributed by atoms with Gasteiger partial charge in [0.25, 0.3) is 0 Å². The first-order chi connectivity index (χ1) is 16.7. The Morgan fingerprint density at radius 3 is 2.34 bits per heavy atom. The largest absolute Gasteiger partial charge is 0.507 e. The molecule has 2 aliphatic heterocycles. The molecule has 2 aliphatic rings. The number of aryl methyl sites for hydroxylation is 1. The van der Waals surface area contributed by atoms with E-state index >= 15 is 0 Å². The summed E-state index contributed by atoms with van der Waals surface area (Å²) in [5.74, 6) is -0.132. The van der Waals surface area contributed by atoms with Crippen molar-refractivity contribution in [1.29, 1.82) is 0 Å². The monoisotopic (exact) mass is 472 g/mol. The molecular weight excluding hydrogens is 448 g/mol. The van der Waals surface area contributed by atoms with Gasteiger partial charge in [0.15, 0.2) is 5.78 Å². The van der Waals surface area contributed by atoms with E-state index in [-0.39, 0.29) is 29.4 Å². The molecule has 3 heterocycles. The molecule has 5 rings (SSSR count). The van der Waals surface area contributed by atoms with Crippen LogP contribution in [0.3, 0.4) is 0 Å². The van der Waals surface area contributed by atoms with Gasteiger partial charge in [0.1, 0.15) is 5.75 Å². The fourth-order valence-corrected chi connectivity index (χ4v) is 4.84. The summed E-state index contributed by atoms with van der Waals surface area (Å²) in [6, 6.07) is 13.2. The summed E-state index contributed by atoms with van der Waals surface area (Å²) in [5.41, 5.74) is 6.78. The first-order valence-electron chi connectivity index (χ1n) is 10.8. The van der Waals surface area contributed by atoms with Crippen LogP contribution < -0.4 is 0 Å². The number of hydrogen-bond acceptors (Lipinski definition) is 7. The van der Waals surface area contributed by atoms with Crippen molar-refractivity contribution >= 4 is 29.0 Å². The minimum Gasteiger partial charge on any atom is -0.507 e. The summed E-state index contributed by atoms with van der Waals surface area (Å²) >= 11 is 0. The first-order valence-corrected chi connectivity index (χ1v) is 10.8. The molecule has 0 saturated heterocycles. The van der Waals surface area contributed by atoms with Crippen molar-refractivity contribution < 1.29 is 29.1 Å². The summed E-state index contributed by atoms with van der Waals surface area (Å²) in [4.78, 5) is 51.5. The number of rotatable bonds is 2. The Balaban J connectivity index is 0.000000520. The van der Waals surface area contributed by atoms with Crippen LogP contribution in [0.15, 0.2) is 65.9 Å². The summed E-state index contributed by atoms with van der Waals surface area (Å²) in [5, 5.41) is 11.4. The Morgan fingerprint density at radius 2 is 1.69 bits per heavy atom. The second-order valence-electron chi connectivity index (χ2n) is 8.42. The van der Waals surface area contributed by atoms with Crippen molar-refractivity contribution in [2.75, 3.05) is 6.54 Å². The van der Waals surface area contributed by atoms with E-state index in [2.05, 4.69) is 48.9 Å². The van der Waals surface area contributed by atoms with Gasteiger partial charge in [-0.05, 0) is 62.1 Å². The molecule has 0 spiro atoms. The Hall–Kier alpha value is -4.51. The van der Waals surface area contributed by atoms with Crippen LogP contribution in [0.5, 0.6) is 5.75 Å². The smallest absolute Gasteiger partial charge is 0.373 e. The van der Waals surface area contributed by atoms with Crippen LogP contribution in [-0.4, -0.2) is 39.6 Å². The lowest BCUT2D eigenvalue weighted by molar-refractivity contribution is -0.193. The zero-order valence-corrected chi connectivity index (χ0v) is 19.5. The number of aromatic amines is 1. The maximum absolute atomic E-state index is 13.1. The number of carbonyl (C=O) groups is 1. The lowest BCUT2D eigenvalue weighted by atomic mass is 9.78.